The first-order chi connectivity index (χ1) is 9.53. The smallest absolute Gasteiger partial charge is 0.235 e. The van der Waals surface area contributed by atoms with Gasteiger partial charge in [-0.2, -0.15) is 0 Å². The zero-order valence-corrected chi connectivity index (χ0v) is 12.6. The average molecular weight is 278 g/mol. The summed E-state index contributed by atoms with van der Waals surface area (Å²) in [6.45, 7) is 6.15. The van der Waals surface area contributed by atoms with Crippen LogP contribution < -0.4 is 5.32 Å². The summed E-state index contributed by atoms with van der Waals surface area (Å²) in [5.74, 6) is 3.65. The molecular formula is C16H26N2O2. The molecule has 1 saturated carbocycles. The molecule has 2 rings (SSSR count). The summed E-state index contributed by atoms with van der Waals surface area (Å²) in [4.78, 5) is 14.3. The van der Waals surface area contributed by atoms with E-state index in [2.05, 4.69) is 16.1 Å². The Kier molecular flexibility index (Phi) is 4.72. The monoisotopic (exact) mass is 278 g/mol. The molecule has 0 aromatic rings. The van der Waals surface area contributed by atoms with Gasteiger partial charge in [0, 0.05) is 19.0 Å². The van der Waals surface area contributed by atoms with Crippen molar-refractivity contribution in [2.24, 2.45) is 11.8 Å². The molecule has 0 aromatic carbocycles. The van der Waals surface area contributed by atoms with Gasteiger partial charge in [-0.05, 0) is 31.6 Å². The number of carbonyl (C=O) groups is 1. The molecule has 4 heteroatoms. The molecule has 20 heavy (non-hydrogen) atoms. The van der Waals surface area contributed by atoms with Gasteiger partial charge in [-0.25, -0.2) is 0 Å². The van der Waals surface area contributed by atoms with Gasteiger partial charge in [0.2, 0.25) is 5.91 Å². The fourth-order valence-electron chi connectivity index (χ4n) is 3.63. The third-order valence-electron chi connectivity index (χ3n) is 5.12. The SMILES string of the molecule is C#CC(CC)(CC)NC(=O)CN1CC2CCC(O)C2C1. The lowest BCUT2D eigenvalue weighted by Crippen LogP contribution is -2.49. The highest BCUT2D eigenvalue weighted by molar-refractivity contribution is 5.79. The zero-order chi connectivity index (χ0) is 14.8. The maximum atomic E-state index is 12.2. The van der Waals surface area contributed by atoms with Crippen LogP contribution in [0.3, 0.4) is 0 Å². The molecule has 0 bridgehead atoms. The summed E-state index contributed by atoms with van der Waals surface area (Å²) >= 11 is 0. The predicted octanol–water partition coefficient (Wildman–Crippen LogP) is 0.997. The highest BCUT2D eigenvalue weighted by Gasteiger charge is 2.42. The first kappa shape index (κ1) is 15.3. The van der Waals surface area contributed by atoms with E-state index in [1.54, 1.807) is 0 Å². The molecule has 1 heterocycles. The number of amides is 1. The number of rotatable bonds is 5. The molecule has 1 aliphatic heterocycles. The number of carbonyl (C=O) groups excluding carboxylic acids is 1. The largest absolute Gasteiger partial charge is 0.393 e. The fourth-order valence-corrected chi connectivity index (χ4v) is 3.63. The molecular weight excluding hydrogens is 252 g/mol. The topological polar surface area (TPSA) is 52.6 Å². The van der Waals surface area contributed by atoms with E-state index in [4.69, 9.17) is 6.42 Å². The van der Waals surface area contributed by atoms with Crippen LogP contribution in [0.25, 0.3) is 0 Å². The summed E-state index contributed by atoms with van der Waals surface area (Å²) in [6.07, 6.45) is 8.88. The summed E-state index contributed by atoms with van der Waals surface area (Å²) in [5, 5.41) is 12.9. The molecule has 0 aromatic heterocycles. The van der Waals surface area contributed by atoms with Gasteiger partial charge in [-0.3, -0.25) is 9.69 Å². The van der Waals surface area contributed by atoms with Crippen LogP contribution in [0.5, 0.6) is 0 Å². The Labute approximate surface area is 121 Å². The van der Waals surface area contributed by atoms with Crippen molar-refractivity contribution in [3.8, 4) is 12.3 Å². The Morgan fingerprint density at radius 2 is 2.10 bits per heavy atom. The van der Waals surface area contributed by atoms with Crippen molar-refractivity contribution in [1.29, 1.82) is 0 Å². The Morgan fingerprint density at radius 3 is 2.65 bits per heavy atom. The minimum atomic E-state index is -0.508. The second kappa shape index (κ2) is 6.15. The number of likely N-dealkylation sites (tertiary alicyclic amines) is 1. The first-order valence-electron chi connectivity index (χ1n) is 7.72. The lowest BCUT2D eigenvalue weighted by molar-refractivity contribution is -0.123. The molecule has 4 nitrogen and oxygen atoms in total. The van der Waals surface area contributed by atoms with Crippen LogP contribution in [-0.2, 0) is 4.79 Å². The van der Waals surface area contributed by atoms with Gasteiger partial charge in [0.15, 0.2) is 0 Å². The van der Waals surface area contributed by atoms with E-state index >= 15 is 0 Å². The number of nitrogens with zero attached hydrogens (tertiary/aromatic N) is 1. The van der Waals surface area contributed by atoms with E-state index in [0.717, 1.165) is 38.8 Å². The number of aliphatic hydroxyl groups excluding tert-OH is 1. The Bertz CT molecular complexity index is 398. The van der Waals surface area contributed by atoms with Crippen LogP contribution in [0, 0.1) is 24.2 Å². The van der Waals surface area contributed by atoms with Crippen molar-refractivity contribution in [1.82, 2.24) is 10.2 Å². The molecule has 0 radical (unpaired) electrons. The van der Waals surface area contributed by atoms with Crippen molar-refractivity contribution in [3.63, 3.8) is 0 Å². The second-order valence-corrected chi connectivity index (χ2v) is 6.24. The quantitative estimate of drug-likeness (QED) is 0.738. The molecule has 1 amide bonds. The van der Waals surface area contributed by atoms with Crippen molar-refractivity contribution in [3.05, 3.63) is 0 Å². The molecule has 3 atom stereocenters. The number of aliphatic hydroxyl groups is 1. The van der Waals surface area contributed by atoms with Gasteiger partial charge in [0.25, 0.3) is 0 Å². The van der Waals surface area contributed by atoms with Gasteiger partial charge in [0.05, 0.1) is 12.6 Å². The van der Waals surface area contributed by atoms with E-state index in [1.807, 2.05) is 13.8 Å². The molecule has 3 unspecified atom stereocenters. The normalized spacial score (nSPS) is 30.0. The summed E-state index contributed by atoms with van der Waals surface area (Å²) in [5.41, 5.74) is -0.508. The van der Waals surface area contributed by atoms with Gasteiger partial charge < -0.3 is 10.4 Å². The standard InChI is InChI=1S/C16H26N2O2/c1-4-16(5-2,6-3)17-15(20)11-18-9-12-7-8-14(19)13(12)10-18/h1,12-14,19H,5-11H2,2-3H3,(H,17,20). The molecule has 2 fully saturated rings. The van der Waals surface area contributed by atoms with Crippen molar-refractivity contribution < 1.29 is 9.90 Å². The number of fused-ring (bicyclic) bond motifs is 1. The highest BCUT2D eigenvalue weighted by Crippen LogP contribution is 2.37. The number of hydrogen-bond acceptors (Lipinski definition) is 3. The number of hydrogen-bond donors (Lipinski definition) is 2. The van der Waals surface area contributed by atoms with Crippen LogP contribution in [-0.4, -0.2) is 47.2 Å². The fraction of sp³-hybridized carbons (Fsp3) is 0.812. The predicted molar refractivity (Wildman–Crippen MR) is 78.9 cm³/mol. The van der Waals surface area contributed by atoms with Gasteiger partial charge >= 0.3 is 0 Å². The molecule has 0 spiro atoms. The summed E-state index contributed by atoms with van der Waals surface area (Å²) in [6, 6.07) is 0. The van der Waals surface area contributed by atoms with E-state index in [0.29, 0.717) is 18.4 Å². The van der Waals surface area contributed by atoms with Crippen LogP contribution >= 0.6 is 0 Å². The second-order valence-electron chi connectivity index (χ2n) is 6.24. The Hall–Kier alpha value is -1.05. The van der Waals surface area contributed by atoms with Crippen LogP contribution in [0.2, 0.25) is 0 Å². The van der Waals surface area contributed by atoms with E-state index in [-0.39, 0.29) is 12.0 Å². The maximum Gasteiger partial charge on any atom is 0.235 e. The van der Waals surface area contributed by atoms with Crippen LogP contribution in [0.1, 0.15) is 39.5 Å². The van der Waals surface area contributed by atoms with E-state index in [9.17, 15) is 9.90 Å². The Balaban J connectivity index is 1.86. The number of terminal acetylenes is 1. The zero-order valence-electron chi connectivity index (χ0n) is 12.6. The van der Waals surface area contributed by atoms with Crippen LogP contribution in [0.4, 0.5) is 0 Å². The van der Waals surface area contributed by atoms with Gasteiger partial charge in [-0.15, -0.1) is 6.42 Å². The molecule has 1 aliphatic carbocycles. The van der Waals surface area contributed by atoms with Crippen molar-refractivity contribution in [2.75, 3.05) is 19.6 Å². The number of nitrogens with one attached hydrogen (secondary N) is 1. The molecule has 2 aliphatic rings. The summed E-state index contributed by atoms with van der Waals surface area (Å²) in [7, 11) is 0. The minimum absolute atomic E-state index is 0.00103. The average Bonchev–Trinajstić information content (AvgIpc) is 2.98. The van der Waals surface area contributed by atoms with Gasteiger partial charge in [0.1, 0.15) is 5.54 Å². The lowest BCUT2D eigenvalue weighted by atomic mass is 9.94. The van der Waals surface area contributed by atoms with Gasteiger partial charge in [-0.1, -0.05) is 19.8 Å². The first-order valence-corrected chi connectivity index (χ1v) is 7.72. The third-order valence-corrected chi connectivity index (χ3v) is 5.12. The molecule has 2 N–H and O–H groups in total. The molecule has 1 saturated heterocycles. The van der Waals surface area contributed by atoms with E-state index in [1.165, 1.54) is 0 Å². The van der Waals surface area contributed by atoms with Crippen LogP contribution in [0.15, 0.2) is 0 Å². The van der Waals surface area contributed by atoms with Crippen molar-refractivity contribution in [2.45, 2.75) is 51.2 Å². The Morgan fingerprint density at radius 1 is 1.40 bits per heavy atom. The highest BCUT2D eigenvalue weighted by atomic mass is 16.3. The van der Waals surface area contributed by atoms with Crippen molar-refractivity contribution >= 4 is 5.91 Å². The molecule has 112 valence electrons. The maximum absolute atomic E-state index is 12.2. The minimum Gasteiger partial charge on any atom is -0.393 e. The lowest BCUT2D eigenvalue weighted by Gasteiger charge is -2.28. The van der Waals surface area contributed by atoms with E-state index < -0.39 is 5.54 Å². The third kappa shape index (κ3) is 2.99. The summed E-state index contributed by atoms with van der Waals surface area (Å²) < 4.78 is 0.